The van der Waals surface area contributed by atoms with E-state index in [4.69, 9.17) is 0 Å². The van der Waals surface area contributed by atoms with Crippen LogP contribution in [0, 0.1) is 0 Å². The first-order chi connectivity index (χ1) is 30.7. The van der Waals surface area contributed by atoms with Gasteiger partial charge in [-0.05, 0) is 156 Å². The zero-order valence-corrected chi connectivity index (χ0v) is 33.7. The second kappa shape index (κ2) is 12.7. The maximum absolute atomic E-state index is 2.43. The van der Waals surface area contributed by atoms with E-state index in [1.54, 1.807) is 0 Å². The van der Waals surface area contributed by atoms with E-state index in [0.29, 0.717) is 0 Å². The summed E-state index contributed by atoms with van der Waals surface area (Å²) >= 11 is 0. The summed E-state index contributed by atoms with van der Waals surface area (Å²) < 4.78 is 4.81. The van der Waals surface area contributed by atoms with Crippen LogP contribution in [-0.2, 0) is 0 Å². The molecule has 14 rings (SSSR count). The Morgan fingerprint density at radius 1 is 0.226 bits per heavy atom. The molecular formula is C60H36N2. The van der Waals surface area contributed by atoms with E-state index >= 15 is 0 Å². The highest BCUT2D eigenvalue weighted by atomic mass is 15.0. The molecule has 62 heavy (non-hydrogen) atoms. The van der Waals surface area contributed by atoms with Crippen LogP contribution in [0.2, 0.25) is 0 Å². The summed E-state index contributed by atoms with van der Waals surface area (Å²) in [5, 5.41) is 12.8. The van der Waals surface area contributed by atoms with Crippen LogP contribution < -0.4 is 0 Å². The highest BCUT2D eigenvalue weighted by Gasteiger charge is 2.23. The predicted octanol–water partition coefficient (Wildman–Crippen LogP) is 16.3. The van der Waals surface area contributed by atoms with Crippen molar-refractivity contribution in [3.63, 3.8) is 0 Å². The molecule has 11 aromatic carbocycles. The van der Waals surface area contributed by atoms with Gasteiger partial charge in [-0.3, -0.25) is 0 Å². The van der Waals surface area contributed by atoms with Crippen LogP contribution in [0.25, 0.3) is 132 Å². The molecule has 0 bridgehead atoms. The second-order valence-electron chi connectivity index (χ2n) is 16.9. The molecule has 2 aromatic heterocycles. The SMILES string of the molecule is c1ccc(-n2c3ccccc3c3cc(-c4ccc5c(c4)c4ccccc4n5-c4ccc5cc(-c6ccc7c(c6)-c6cc8ccccc8c8cccc-7c68)ccc5c4)ccc32)cc1. The molecule has 0 saturated heterocycles. The summed E-state index contributed by atoms with van der Waals surface area (Å²) in [6.45, 7) is 0. The molecule has 0 unspecified atom stereocenters. The van der Waals surface area contributed by atoms with Gasteiger partial charge >= 0.3 is 0 Å². The van der Waals surface area contributed by atoms with Crippen molar-refractivity contribution in [3.05, 3.63) is 218 Å². The van der Waals surface area contributed by atoms with Gasteiger partial charge in [-0.25, -0.2) is 0 Å². The predicted molar refractivity (Wildman–Crippen MR) is 263 cm³/mol. The van der Waals surface area contributed by atoms with Gasteiger partial charge in [-0.15, -0.1) is 0 Å². The molecule has 13 aromatic rings. The smallest absolute Gasteiger partial charge is 0.0541 e. The van der Waals surface area contributed by atoms with Gasteiger partial charge in [-0.2, -0.15) is 0 Å². The standard InChI is InChI=1S/C60H36N2/c1-2-12-44(13-3-1)61-56-19-8-6-15-48(56)53-34-41(25-29-58(53)61)42-26-30-59-54(35-42)49-16-7-9-20-57(49)62(59)45-27-23-38-31-37(21-22-39(38)32-45)40-24-28-47-51-18-10-17-50-46-14-5-4-11-43(46)36-55(60(50)51)52(47)33-40/h1-36H. The Balaban J connectivity index is 0.852. The molecular weight excluding hydrogens is 749 g/mol. The van der Waals surface area contributed by atoms with Gasteiger partial charge in [0.2, 0.25) is 0 Å². The van der Waals surface area contributed by atoms with Gasteiger partial charge in [0.1, 0.15) is 0 Å². The van der Waals surface area contributed by atoms with Crippen LogP contribution in [0.15, 0.2) is 218 Å². The Morgan fingerprint density at radius 2 is 0.774 bits per heavy atom. The zero-order chi connectivity index (χ0) is 40.5. The van der Waals surface area contributed by atoms with E-state index < -0.39 is 0 Å². The number of aromatic nitrogens is 2. The lowest BCUT2D eigenvalue weighted by molar-refractivity contribution is 1.18. The van der Waals surface area contributed by atoms with Crippen LogP contribution in [0.1, 0.15) is 0 Å². The summed E-state index contributed by atoms with van der Waals surface area (Å²) in [5.74, 6) is 0. The number of benzene rings is 11. The largest absolute Gasteiger partial charge is 0.309 e. The molecule has 0 atom stereocenters. The molecule has 0 spiro atoms. The highest BCUT2D eigenvalue weighted by Crippen LogP contribution is 2.50. The topological polar surface area (TPSA) is 9.86 Å². The molecule has 0 amide bonds. The number of para-hydroxylation sites is 3. The number of fused-ring (bicyclic) bond motifs is 12. The number of rotatable bonds is 4. The third-order valence-electron chi connectivity index (χ3n) is 13.6. The minimum Gasteiger partial charge on any atom is -0.309 e. The molecule has 2 heteroatoms. The van der Waals surface area contributed by atoms with Gasteiger partial charge in [0.05, 0.1) is 22.1 Å². The van der Waals surface area contributed by atoms with Crippen LogP contribution in [0.5, 0.6) is 0 Å². The zero-order valence-electron chi connectivity index (χ0n) is 33.7. The van der Waals surface area contributed by atoms with Gasteiger partial charge in [0, 0.05) is 32.9 Å². The minimum atomic E-state index is 1.16. The van der Waals surface area contributed by atoms with Crippen LogP contribution in [-0.4, -0.2) is 9.13 Å². The van der Waals surface area contributed by atoms with Crippen LogP contribution >= 0.6 is 0 Å². The third kappa shape index (κ3) is 4.75. The van der Waals surface area contributed by atoms with E-state index in [-0.39, 0.29) is 0 Å². The van der Waals surface area contributed by atoms with Crippen molar-refractivity contribution in [2.75, 3.05) is 0 Å². The summed E-state index contributed by atoms with van der Waals surface area (Å²) in [4.78, 5) is 0. The first-order valence-corrected chi connectivity index (χ1v) is 21.5. The molecule has 286 valence electrons. The van der Waals surface area contributed by atoms with Crippen molar-refractivity contribution in [2.24, 2.45) is 0 Å². The fraction of sp³-hybridized carbons (Fsp3) is 0. The Bertz CT molecular complexity index is 4030. The van der Waals surface area contributed by atoms with Crippen LogP contribution in [0.3, 0.4) is 0 Å². The highest BCUT2D eigenvalue weighted by molar-refractivity contribution is 6.24. The van der Waals surface area contributed by atoms with Gasteiger partial charge in [0.25, 0.3) is 0 Å². The number of nitrogens with zero attached hydrogens (tertiary/aromatic N) is 2. The van der Waals surface area contributed by atoms with Crippen molar-refractivity contribution in [1.29, 1.82) is 0 Å². The summed E-state index contributed by atoms with van der Waals surface area (Å²) in [6, 6.07) is 81.0. The Kier molecular flexibility index (Phi) is 6.86. The molecule has 2 nitrogen and oxygen atoms in total. The Hall–Kier alpha value is -8.20. The number of hydrogen-bond acceptors (Lipinski definition) is 0. The monoisotopic (exact) mass is 784 g/mol. The Morgan fingerprint density at radius 3 is 1.53 bits per heavy atom. The van der Waals surface area contributed by atoms with Crippen molar-refractivity contribution in [3.8, 4) is 55.9 Å². The maximum atomic E-state index is 2.43. The van der Waals surface area contributed by atoms with Gasteiger partial charge in [-0.1, -0.05) is 140 Å². The second-order valence-corrected chi connectivity index (χ2v) is 16.9. The quantitative estimate of drug-likeness (QED) is 0.157. The van der Waals surface area contributed by atoms with E-state index in [2.05, 4.69) is 228 Å². The number of hydrogen-bond donors (Lipinski definition) is 0. The summed E-state index contributed by atoms with van der Waals surface area (Å²) in [5.41, 5.74) is 17.4. The minimum absolute atomic E-state index is 1.16. The fourth-order valence-electron chi connectivity index (χ4n) is 10.8. The molecule has 0 saturated carbocycles. The van der Waals surface area contributed by atoms with Crippen molar-refractivity contribution < 1.29 is 0 Å². The molecule has 1 aliphatic carbocycles. The van der Waals surface area contributed by atoms with Crippen molar-refractivity contribution in [1.82, 2.24) is 9.13 Å². The average molecular weight is 785 g/mol. The van der Waals surface area contributed by atoms with Crippen LogP contribution in [0.4, 0.5) is 0 Å². The lowest BCUT2D eigenvalue weighted by Crippen LogP contribution is -1.94. The fourth-order valence-corrected chi connectivity index (χ4v) is 10.8. The van der Waals surface area contributed by atoms with E-state index in [1.807, 2.05) is 0 Å². The van der Waals surface area contributed by atoms with E-state index in [0.717, 1.165) is 5.69 Å². The lowest BCUT2D eigenvalue weighted by Gasteiger charge is -2.12. The molecule has 0 N–H and O–H groups in total. The van der Waals surface area contributed by atoms with E-state index in [1.165, 1.54) is 126 Å². The Labute approximate surface area is 357 Å². The van der Waals surface area contributed by atoms with Crippen molar-refractivity contribution >= 4 is 75.9 Å². The van der Waals surface area contributed by atoms with E-state index in [9.17, 15) is 0 Å². The molecule has 2 heterocycles. The first kappa shape index (κ1) is 33.6. The lowest BCUT2D eigenvalue weighted by atomic mass is 9.95. The molecule has 0 radical (unpaired) electrons. The van der Waals surface area contributed by atoms with Crippen molar-refractivity contribution in [2.45, 2.75) is 0 Å². The molecule has 1 aliphatic rings. The molecule has 0 aliphatic heterocycles. The first-order valence-electron chi connectivity index (χ1n) is 21.5. The van der Waals surface area contributed by atoms with Gasteiger partial charge in [0.15, 0.2) is 0 Å². The van der Waals surface area contributed by atoms with Gasteiger partial charge < -0.3 is 9.13 Å². The normalized spacial score (nSPS) is 12.2. The molecule has 0 fully saturated rings. The maximum Gasteiger partial charge on any atom is 0.0541 e. The third-order valence-corrected chi connectivity index (χ3v) is 13.6. The summed E-state index contributed by atoms with van der Waals surface area (Å²) in [7, 11) is 0. The average Bonchev–Trinajstić information content (AvgIpc) is 3.97. The summed E-state index contributed by atoms with van der Waals surface area (Å²) in [6.07, 6.45) is 0.